The fourth-order valence-electron chi connectivity index (χ4n) is 3.29. The molecule has 3 rings (SSSR count). The van der Waals surface area contributed by atoms with Crippen molar-refractivity contribution in [1.29, 1.82) is 5.26 Å². The maximum Gasteiger partial charge on any atom is 0.101 e. The molecule has 2 saturated heterocycles. The molecule has 2 aliphatic heterocycles. The van der Waals surface area contributed by atoms with E-state index in [1.807, 2.05) is 12.1 Å². The van der Waals surface area contributed by atoms with Crippen LogP contribution in [-0.4, -0.2) is 30.1 Å². The van der Waals surface area contributed by atoms with Crippen molar-refractivity contribution >= 4 is 17.3 Å². The summed E-state index contributed by atoms with van der Waals surface area (Å²) in [7, 11) is 0. The van der Waals surface area contributed by atoms with Gasteiger partial charge >= 0.3 is 0 Å². The van der Waals surface area contributed by atoms with Crippen LogP contribution >= 0.6 is 11.6 Å². The molecule has 2 atom stereocenters. The van der Waals surface area contributed by atoms with Gasteiger partial charge in [-0.1, -0.05) is 11.6 Å². The highest BCUT2D eigenvalue weighted by Crippen LogP contribution is 2.29. The molecule has 2 aliphatic rings. The molecule has 0 radical (unpaired) electrons. The Balaban J connectivity index is 1.65. The summed E-state index contributed by atoms with van der Waals surface area (Å²) in [6.07, 6.45) is 5.10. The third kappa shape index (κ3) is 2.70. The monoisotopic (exact) mass is 275 g/mol. The largest absolute Gasteiger partial charge is 0.382 e. The Hall–Kier alpha value is -1.24. The van der Waals surface area contributed by atoms with E-state index >= 15 is 0 Å². The fraction of sp³-hybridized carbons (Fsp3) is 0.533. The van der Waals surface area contributed by atoms with E-state index in [4.69, 9.17) is 16.9 Å². The summed E-state index contributed by atoms with van der Waals surface area (Å²) < 4.78 is 0. The zero-order valence-corrected chi connectivity index (χ0v) is 11.7. The summed E-state index contributed by atoms with van der Waals surface area (Å²) in [6.45, 7) is 2.48. The molecule has 100 valence electrons. The number of halogens is 1. The minimum absolute atomic E-state index is 0.531. The summed E-state index contributed by atoms with van der Waals surface area (Å²) in [5.74, 6) is 0. The van der Waals surface area contributed by atoms with Crippen LogP contribution in [0.1, 0.15) is 31.2 Å². The molecule has 2 heterocycles. The Bertz CT molecular complexity index is 509. The van der Waals surface area contributed by atoms with Gasteiger partial charge in [-0.15, -0.1) is 0 Å². The SMILES string of the molecule is N#Cc1ccc(NC2CCN3CCCC3C2)cc1Cl. The van der Waals surface area contributed by atoms with Gasteiger partial charge in [-0.25, -0.2) is 0 Å². The van der Waals surface area contributed by atoms with Crippen LogP contribution in [0, 0.1) is 11.3 Å². The van der Waals surface area contributed by atoms with E-state index in [1.54, 1.807) is 6.07 Å². The van der Waals surface area contributed by atoms with Crippen LogP contribution in [0.25, 0.3) is 0 Å². The normalized spacial score (nSPS) is 26.7. The van der Waals surface area contributed by atoms with Crippen molar-refractivity contribution in [2.75, 3.05) is 18.4 Å². The molecular weight excluding hydrogens is 258 g/mol. The third-order valence-electron chi connectivity index (χ3n) is 4.28. The summed E-state index contributed by atoms with van der Waals surface area (Å²) in [5, 5.41) is 13.0. The van der Waals surface area contributed by atoms with Crippen molar-refractivity contribution < 1.29 is 0 Å². The quantitative estimate of drug-likeness (QED) is 0.900. The van der Waals surface area contributed by atoms with Gasteiger partial charge in [-0.2, -0.15) is 5.26 Å². The van der Waals surface area contributed by atoms with E-state index in [0.717, 1.165) is 11.7 Å². The Kier molecular flexibility index (Phi) is 3.63. The highest BCUT2D eigenvalue weighted by Gasteiger charge is 2.31. The molecule has 0 bridgehead atoms. The van der Waals surface area contributed by atoms with Crippen molar-refractivity contribution in [1.82, 2.24) is 4.90 Å². The van der Waals surface area contributed by atoms with Crippen LogP contribution in [0.15, 0.2) is 18.2 Å². The molecule has 0 saturated carbocycles. The van der Waals surface area contributed by atoms with Gasteiger partial charge in [0.05, 0.1) is 10.6 Å². The van der Waals surface area contributed by atoms with Gasteiger partial charge in [-0.3, -0.25) is 0 Å². The van der Waals surface area contributed by atoms with Gasteiger partial charge in [0.1, 0.15) is 6.07 Å². The first-order chi connectivity index (χ1) is 9.26. The molecule has 4 heteroatoms. The van der Waals surface area contributed by atoms with Crippen LogP contribution in [0.4, 0.5) is 5.69 Å². The molecule has 0 amide bonds. The Morgan fingerprint density at radius 2 is 2.21 bits per heavy atom. The standard InChI is InChI=1S/C15H18ClN3/c16-15-9-12(4-3-11(15)10-17)18-13-5-7-19-6-1-2-14(19)8-13/h3-4,9,13-14,18H,1-2,5-8H2. The van der Waals surface area contributed by atoms with E-state index in [9.17, 15) is 0 Å². The van der Waals surface area contributed by atoms with E-state index in [1.165, 1.54) is 38.8 Å². The lowest BCUT2D eigenvalue weighted by Crippen LogP contribution is -2.42. The van der Waals surface area contributed by atoms with Crippen molar-refractivity contribution in [3.05, 3.63) is 28.8 Å². The van der Waals surface area contributed by atoms with Crippen LogP contribution in [0.2, 0.25) is 5.02 Å². The van der Waals surface area contributed by atoms with E-state index < -0.39 is 0 Å². The average molecular weight is 276 g/mol. The zero-order valence-electron chi connectivity index (χ0n) is 10.9. The molecule has 0 aliphatic carbocycles. The van der Waals surface area contributed by atoms with Crippen LogP contribution < -0.4 is 5.32 Å². The summed E-state index contributed by atoms with van der Waals surface area (Å²) in [6, 6.07) is 8.98. The van der Waals surface area contributed by atoms with E-state index in [2.05, 4.69) is 16.3 Å². The van der Waals surface area contributed by atoms with Gasteiger partial charge in [0.25, 0.3) is 0 Å². The smallest absolute Gasteiger partial charge is 0.101 e. The lowest BCUT2D eigenvalue weighted by molar-refractivity contribution is 0.188. The first-order valence-corrected chi connectivity index (χ1v) is 7.34. The third-order valence-corrected chi connectivity index (χ3v) is 4.59. The molecule has 2 fully saturated rings. The van der Waals surface area contributed by atoms with Crippen molar-refractivity contribution in [3.63, 3.8) is 0 Å². The van der Waals surface area contributed by atoms with Gasteiger partial charge in [0.15, 0.2) is 0 Å². The van der Waals surface area contributed by atoms with E-state index in [-0.39, 0.29) is 0 Å². The molecular formula is C15H18ClN3. The summed E-state index contributed by atoms with van der Waals surface area (Å²) in [4.78, 5) is 2.62. The minimum atomic E-state index is 0.531. The molecule has 1 aromatic carbocycles. The van der Waals surface area contributed by atoms with Gasteiger partial charge in [0, 0.05) is 24.3 Å². The minimum Gasteiger partial charge on any atom is -0.382 e. The number of nitrogens with one attached hydrogen (secondary N) is 1. The highest BCUT2D eigenvalue weighted by molar-refractivity contribution is 6.32. The molecule has 0 aromatic heterocycles. The Morgan fingerprint density at radius 1 is 1.32 bits per heavy atom. The lowest BCUT2D eigenvalue weighted by atomic mass is 9.97. The second-order valence-corrected chi connectivity index (χ2v) is 5.91. The molecule has 0 spiro atoms. The number of nitriles is 1. The molecule has 19 heavy (non-hydrogen) atoms. The van der Waals surface area contributed by atoms with Crippen LogP contribution in [-0.2, 0) is 0 Å². The number of anilines is 1. The number of hydrogen-bond acceptors (Lipinski definition) is 3. The Morgan fingerprint density at radius 3 is 3.00 bits per heavy atom. The average Bonchev–Trinajstić information content (AvgIpc) is 2.86. The Labute approximate surface area is 119 Å². The predicted molar refractivity (Wildman–Crippen MR) is 77.4 cm³/mol. The maximum absolute atomic E-state index is 8.87. The number of hydrogen-bond donors (Lipinski definition) is 1. The van der Waals surface area contributed by atoms with Crippen molar-refractivity contribution in [3.8, 4) is 6.07 Å². The number of piperidine rings is 1. The van der Waals surface area contributed by atoms with Crippen molar-refractivity contribution in [2.45, 2.75) is 37.8 Å². The predicted octanol–water partition coefficient (Wildman–Crippen LogP) is 3.25. The molecule has 1 aromatic rings. The second-order valence-electron chi connectivity index (χ2n) is 5.50. The van der Waals surface area contributed by atoms with Gasteiger partial charge in [-0.05, 0) is 50.4 Å². The fourth-order valence-corrected chi connectivity index (χ4v) is 3.51. The van der Waals surface area contributed by atoms with Crippen molar-refractivity contribution in [2.24, 2.45) is 0 Å². The van der Waals surface area contributed by atoms with Crippen LogP contribution in [0.3, 0.4) is 0 Å². The zero-order chi connectivity index (χ0) is 13.2. The number of fused-ring (bicyclic) bond motifs is 1. The van der Waals surface area contributed by atoms with Crippen LogP contribution in [0.5, 0.6) is 0 Å². The topological polar surface area (TPSA) is 39.1 Å². The summed E-state index contributed by atoms with van der Waals surface area (Å²) in [5.41, 5.74) is 1.57. The van der Waals surface area contributed by atoms with Gasteiger partial charge < -0.3 is 10.2 Å². The molecule has 1 N–H and O–H groups in total. The van der Waals surface area contributed by atoms with E-state index in [0.29, 0.717) is 16.6 Å². The number of nitrogens with zero attached hydrogens (tertiary/aromatic N) is 2. The summed E-state index contributed by atoms with van der Waals surface area (Å²) >= 11 is 6.07. The number of benzene rings is 1. The van der Waals surface area contributed by atoms with Gasteiger partial charge in [0.2, 0.25) is 0 Å². The first-order valence-electron chi connectivity index (χ1n) is 6.96. The second kappa shape index (κ2) is 5.40. The highest BCUT2D eigenvalue weighted by atomic mass is 35.5. The number of rotatable bonds is 2. The maximum atomic E-state index is 8.87. The molecule has 2 unspecified atom stereocenters. The molecule has 3 nitrogen and oxygen atoms in total. The first kappa shape index (κ1) is 12.8. The lowest BCUT2D eigenvalue weighted by Gasteiger charge is -2.35.